The molecule has 0 saturated heterocycles. The van der Waals surface area contributed by atoms with Gasteiger partial charge in [0.15, 0.2) is 0 Å². The molecule has 0 aliphatic heterocycles. The number of anilines is 1. The molecule has 0 aliphatic carbocycles. The van der Waals surface area contributed by atoms with Crippen LogP contribution in [0.4, 0.5) is 11.4 Å². The number of phenolic OH excluding ortho intramolecular Hbond substituents is 1. The molecule has 2 aromatic rings. The fraction of sp³-hybridized carbons (Fsp3) is 0.222. The summed E-state index contributed by atoms with van der Waals surface area (Å²) >= 11 is 0. The second-order valence-corrected chi connectivity index (χ2v) is 5.42. The van der Waals surface area contributed by atoms with Crippen molar-refractivity contribution >= 4 is 23.3 Å². The van der Waals surface area contributed by atoms with Crippen molar-refractivity contribution in [3.8, 4) is 5.75 Å². The Morgan fingerprint density at radius 2 is 1.88 bits per heavy atom. The zero-order valence-corrected chi connectivity index (χ0v) is 14.1. The molecule has 0 fully saturated rings. The average Bonchev–Trinajstić information content (AvgIpc) is 2.62. The Balaban J connectivity index is 1.96. The van der Waals surface area contributed by atoms with E-state index in [1.165, 1.54) is 30.3 Å². The van der Waals surface area contributed by atoms with Crippen LogP contribution in [0.3, 0.4) is 0 Å². The minimum absolute atomic E-state index is 0.00575. The minimum atomic E-state index is -0.674. The van der Waals surface area contributed by atoms with Crippen LogP contribution in [0.25, 0.3) is 0 Å². The van der Waals surface area contributed by atoms with E-state index in [2.05, 4.69) is 5.32 Å². The maximum absolute atomic E-state index is 12.1. The summed E-state index contributed by atoms with van der Waals surface area (Å²) in [4.78, 5) is 33.9. The number of hydrogen-bond acceptors (Lipinski definition) is 6. The quantitative estimate of drug-likeness (QED) is 0.340. The number of esters is 1. The van der Waals surface area contributed by atoms with Gasteiger partial charge in [0.25, 0.3) is 5.69 Å². The Hall–Kier alpha value is -3.42. The Morgan fingerprint density at radius 3 is 2.50 bits per heavy atom. The molecular formula is C18H18N2O6. The van der Waals surface area contributed by atoms with Crippen LogP contribution >= 0.6 is 0 Å². The summed E-state index contributed by atoms with van der Waals surface area (Å²) < 4.78 is 4.84. The Bertz CT molecular complexity index is 817. The molecule has 0 spiro atoms. The highest BCUT2D eigenvalue weighted by Gasteiger charge is 2.14. The van der Waals surface area contributed by atoms with Crippen LogP contribution in [0.2, 0.25) is 0 Å². The normalized spacial score (nSPS) is 10.2. The van der Waals surface area contributed by atoms with Gasteiger partial charge >= 0.3 is 5.97 Å². The number of hydrogen-bond donors (Lipinski definition) is 2. The van der Waals surface area contributed by atoms with Gasteiger partial charge in [0.05, 0.1) is 11.5 Å². The lowest BCUT2D eigenvalue weighted by Gasteiger charge is -2.09. The Labute approximate surface area is 149 Å². The predicted molar refractivity (Wildman–Crippen MR) is 94.1 cm³/mol. The third-order valence-electron chi connectivity index (χ3n) is 3.56. The van der Waals surface area contributed by atoms with Crippen LogP contribution in [0.1, 0.15) is 29.3 Å². The number of benzene rings is 2. The summed E-state index contributed by atoms with van der Waals surface area (Å²) in [6, 6.07) is 10.1. The summed E-state index contributed by atoms with van der Waals surface area (Å²) in [5.41, 5.74) is 1.12. The molecule has 0 aliphatic rings. The molecule has 0 radical (unpaired) electrons. The van der Waals surface area contributed by atoms with Crippen molar-refractivity contribution in [3.05, 3.63) is 63.7 Å². The summed E-state index contributed by atoms with van der Waals surface area (Å²) in [7, 11) is 0. The number of aromatic hydroxyl groups is 1. The smallest absolute Gasteiger partial charge is 0.341 e. The number of non-ortho nitro benzene ring substituents is 1. The molecule has 1 amide bonds. The number of amides is 1. The molecule has 8 nitrogen and oxygen atoms in total. The van der Waals surface area contributed by atoms with Gasteiger partial charge in [-0.15, -0.1) is 0 Å². The largest absolute Gasteiger partial charge is 0.507 e. The molecule has 2 rings (SSSR count). The van der Waals surface area contributed by atoms with Gasteiger partial charge in [-0.1, -0.05) is 12.1 Å². The molecule has 136 valence electrons. The zero-order chi connectivity index (χ0) is 19.1. The first kappa shape index (κ1) is 18.9. The van der Waals surface area contributed by atoms with Crippen molar-refractivity contribution in [1.82, 2.24) is 0 Å². The van der Waals surface area contributed by atoms with Gasteiger partial charge in [-0.05, 0) is 37.1 Å². The maximum Gasteiger partial charge on any atom is 0.341 e. The molecule has 0 atom stereocenters. The van der Waals surface area contributed by atoms with Crippen molar-refractivity contribution in [2.24, 2.45) is 0 Å². The molecule has 0 heterocycles. The number of nitro groups is 1. The zero-order valence-electron chi connectivity index (χ0n) is 14.1. The molecular weight excluding hydrogens is 340 g/mol. The third kappa shape index (κ3) is 5.04. The number of nitrogens with zero attached hydrogens (tertiary/aromatic N) is 1. The lowest BCUT2D eigenvalue weighted by atomic mass is 10.1. The van der Waals surface area contributed by atoms with Crippen LogP contribution in [-0.2, 0) is 16.0 Å². The molecule has 26 heavy (non-hydrogen) atoms. The minimum Gasteiger partial charge on any atom is -0.507 e. The standard InChI is InChI=1S/C18H18N2O6/c1-2-26-18(23)15-11-13(6-9-16(15)21)19-17(22)10-5-12-3-7-14(8-4-12)20(24)25/h3-4,6-9,11,21H,2,5,10H2,1H3,(H,19,22). The van der Waals surface area contributed by atoms with Gasteiger partial charge in [0.2, 0.25) is 5.91 Å². The van der Waals surface area contributed by atoms with E-state index in [0.717, 1.165) is 5.56 Å². The lowest BCUT2D eigenvalue weighted by molar-refractivity contribution is -0.384. The first-order valence-corrected chi connectivity index (χ1v) is 7.94. The van der Waals surface area contributed by atoms with Gasteiger partial charge in [-0.2, -0.15) is 0 Å². The number of carbonyl (C=O) groups excluding carboxylic acids is 2. The average molecular weight is 358 g/mol. The van der Waals surface area contributed by atoms with Crippen molar-refractivity contribution in [3.63, 3.8) is 0 Å². The van der Waals surface area contributed by atoms with E-state index >= 15 is 0 Å². The van der Waals surface area contributed by atoms with E-state index in [0.29, 0.717) is 12.1 Å². The second-order valence-electron chi connectivity index (χ2n) is 5.42. The molecule has 2 aromatic carbocycles. The van der Waals surface area contributed by atoms with Gasteiger partial charge in [0, 0.05) is 24.2 Å². The number of aryl methyl sites for hydroxylation is 1. The molecule has 0 bridgehead atoms. The number of nitro benzene ring substituents is 1. The van der Waals surface area contributed by atoms with Crippen LogP contribution < -0.4 is 5.32 Å². The van der Waals surface area contributed by atoms with E-state index in [1.807, 2.05) is 0 Å². The number of ether oxygens (including phenoxy) is 1. The van der Waals surface area contributed by atoms with E-state index < -0.39 is 10.9 Å². The summed E-state index contributed by atoms with van der Waals surface area (Å²) in [5, 5.41) is 23.0. The van der Waals surface area contributed by atoms with Gasteiger partial charge in [-0.25, -0.2) is 4.79 Å². The fourth-order valence-electron chi connectivity index (χ4n) is 2.25. The number of phenols is 1. The van der Waals surface area contributed by atoms with Gasteiger partial charge < -0.3 is 15.2 Å². The van der Waals surface area contributed by atoms with E-state index in [9.17, 15) is 24.8 Å². The molecule has 0 unspecified atom stereocenters. The van der Waals surface area contributed by atoms with Crippen molar-refractivity contribution in [1.29, 1.82) is 0 Å². The SMILES string of the molecule is CCOC(=O)c1cc(NC(=O)CCc2ccc([N+](=O)[O-])cc2)ccc1O. The van der Waals surface area contributed by atoms with E-state index in [4.69, 9.17) is 4.74 Å². The Kier molecular flexibility index (Phi) is 6.26. The number of nitrogens with one attached hydrogen (secondary N) is 1. The van der Waals surface area contributed by atoms with Crippen molar-refractivity contribution in [2.75, 3.05) is 11.9 Å². The monoisotopic (exact) mass is 358 g/mol. The highest BCUT2D eigenvalue weighted by atomic mass is 16.6. The van der Waals surface area contributed by atoms with Crippen molar-refractivity contribution < 1.29 is 24.4 Å². The number of rotatable bonds is 7. The van der Waals surface area contributed by atoms with E-state index in [-0.39, 0.29) is 35.9 Å². The highest BCUT2D eigenvalue weighted by molar-refractivity contribution is 5.96. The topological polar surface area (TPSA) is 119 Å². The maximum atomic E-state index is 12.1. The molecule has 8 heteroatoms. The summed E-state index contributed by atoms with van der Waals surface area (Å²) in [5.74, 6) is -1.19. The van der Waals surface area contributed by atoms with Crippen LogP contribution in [0.5, 0.6) is 5.75 Å². The van der Waals surface area contributed by atoms with Gasteiger partial charge in [-0.3, -0.25) is 14.9 Å². The Morgan fingerprint density at radius 1 is 1.19 bits per heavy atom. The van der Waals surface area contributed by atoms with Crippen LogP contribution in [0, 0.1) is 10.1 Å². The van der Waals surface area contributed by atoms with E-state index in [1.54, 1.807) is 19.1 Å². The summed E-state index contributed by atoms with van der Waals surface area (Å²) in [6.45, 7) is 1.82. The second kappa shape index (κ2) is 8.61. The van der Waals surface area contributed by atoms with Crippen molar-refractivity contribution in [2.45, 2.75) is 19.8 Å². The molecule has 0 aromatic heterocycles. The molecule has 2 N–H and O–H groups in total. The van der Waals surface area contributed by atoms with Crippen LogP contribution in [0.15, 0.2) is 42.5 Å². The predicted octanol–water partition coefficient (Wildman–Crippen LogP) is 3.05. The highest BCUT2D eigenvalue weighted by Crippen LogP contribution is 2.22. The first-order chi connectivity index (χ1) is 12.4. The number of carbonyl (C=O) groups is 2. The summed E-state index contributed by atoms with van der Waals surface area (Å²) in [6.07, 6.45) is 0.570. The molecule has 0 saturated carbocycles. The third-order valence-corrected chi connectivity index (χ3v) is 3.56. The lowest BCUT2D eigenvalue weighted by Crippen LogP contribution is -2.13. The first-order valence-electron chi connectivity index (χ1n) is 7.94. The van der Waals surface area contributed by atoms with Crippen LogP contribution in [-0.4, -0.2) is 28.5 Å². The fourth-order valence-corrected chi connectivity index (χ4v) is 2.25. The van der Waals surface area contributed by atoms with Gasteiger partial charge in [0.1, 0.15) is 11.3 Å².